The highest BCUT2D eigenvalue weighted by Gasteiger charge is 2.06. The van der Waals surface area contributed by atoms with Crippen molar-refractivity contribution in [1.29, 1.82) is 0 Å². The van der Waals surface area contributed by atoms with E-state index in [1.54, 1.807) is 19.2 Å². The molecule has 1 amide bonds. The smallest absolute Gasteiger partial charge is 0.209 e. The number of nitrogens with zero attached hydrogens (tertiary/aromatic N) is 1. The van der Waals surface area contributed by atoms with Gasteiger partial charge in [-0.3, -0.25) is 4.79 Å². The summed E-state index contributed by atoms with van der Waals surface area (Å²) in [4.78, 5) is 12.1. The Labute approximate surface area is 99.7 Å². The summed E-state index contributed by atoms with van der Waals surface area (Å²) in [6.07, 6.45) is 0.744. The van der Waals surface area contributed by atoms with E-state index in [9.17, 15) is 9.18 Å². The van der Waals surface area contributed by atoms with Gasteiger partial charge in [0.15, 0.2) is 0 Å². The van der Waals surface area contributed by atoms with E-state index in [-0.39, 0.29) is 5.82 Å². The average molecular weight is 230 g/mol. The summed E-state index contributed by atoms with van der Waals surface area (Å²) in [7, 11) is 1.68. The summed E-state index contributed by atoms with van der Waals surface area (Å²) in [5.74, 6) is -0.261. The molecule has 0 aliphatic rings. The molecule has 0 saturated carbocycles. The third-order valence-corrected chi connectivity index (χ3v) is 2.70. The maximum Gasteiger partial charge on any atom is 0.209 e. The van der Waals surface area contributed by atoms with Crippen molar-refractivity contribution < 1.29 is 9.18 Å². The number of carbonyl (C=O) groups excluding carboxylic acids is 1. The van der Waals surface area contributed by atoms with Crippen molar-refractivity contribution in [2.45, 2.75) is 6.54 Å². The van der Waals surface area contributed by atoms with Crippen molar-refractivity contribution in [3.63, 3.8) is 0 Å². The summed E-state index contributed by atoms with van der Waals surface area (Å²) in [5, 5.41) is 1.36. The monoisotopic (exact) mass is 230 g/mol. The molecule has 1 radical (unpaired) electrons. The summed E-state index contributed by atoms with van der Waals surface area (Å²) >= 11 is 0. The molecule has 0 unspecified atom stereocenters. The van der Waals surface area contributed by atoms with Gasteiger partial charge in [0.2, 0.25) is 6.41 Å². The van der Waals surface area contributed by atoms with E-state index in [0.29, 0.717) is 11.9 Å². The van der Waals surface area contributed by atoms with Crippen LogP contribution in [0.4, 0.5) is 4.39 Å². The van der Waals surface area contributed by atoms with E-state index >= 15 is 0 Å². The lowest BCUT2D eigenvalue weighted by molar-refractivity contribution is -0.117. The van der Waals surface area contributed by atoms with E-state index in [2.05, 4.69) is 6.92 Å². The Morgan fingerprint density at radius 3 is 2.82 bits per heavy atom. The highest BCUT2D eigenvalue weighted by molar-refractivity contribution is 5.87. The zero-order valence-corrected chi connectivity index (χ0v) is 9.61. The maximum absolute atomic E-state index is 13.7. The van der Waals surface area contributed by atoms with Crippen LogP contribution in [0, 0.1) is 12.7 Å². The molecule has 0 bridgehead atoms. The van der Waals surface area contributed by atoms with Crippen molar-refractivity contribution in [1.82, 2.24) is 4.90 Å². The molecule has 87 valence electrons. The fraction of sp³-hybridized carbons (Fsp3) is 0.143. The van der Waals surface area contributed by atoms with Gasteiger partial charge >= 0.3 is 0 Å². The number of amides is 1. The molecule has 2 aromatic carbocycles. The third kappa shape index (κ3) is 2.28. The van der Waals surface area contributed by atoms with Gasteiger partial charge in [0.05, 0.1) is 0 Å². The summed E-state index contributed by atoms with van der Waals surface area (Å²) in [6, 6.07) is 8.58. The molecular formula is C14H13FNO. The van der Waals surface area contributed by atoms with E-state index in [0.717, 1.165) is 22.9 Å². The first-order valence-electron chi connectivity index (χ1n) is 5.30. The quantitative estimate of drug-likeness (QED) is 0.742. The van der Waals surface area contributed by atoms with Gasteiger partial charge in [0, 0.05) is 19.0 Å². The highest BCUT2D eigenvalue weighted by Crippen LogP contribution is 2.23. The number of fused-ring (bicyclic) bond motifs is 1. The van der Waals surface area contributed by atoms with Gasteiger partial charge in [0.1, 0.15) is 5.82 Å². The molecule has 0 fully saturated rings. The van der Waals surface area contributed by atoms with Crippen LogP contribution in [0.15, 0.2) is 30.3 Å². The van der Waals surface area contributed by atoms with Crippen LogP contribution in [-0.2, 0) is 11.3 Å². The number of rotatable bonds is 3. The number of benzene rings is 2. The first-order chi connectivity index (χ1) is 8.11. The number of carbonyl (C=O) groups is 1. The van der Waals surface area contributed by atoms with Gasteiger partial charge in [-0.25, -0.2) is 4.39 Å². The lowest BCUT2D eigenvalue weighted by Gasteiger charge is -2.12. The Balaban J connectivity index is 2.54. The zero-order valence-electron chi connectivity index (χ0n) is 9.61. The minimum Gasteiger partial charge on any atom is -0.344 e. The molecule has 0 N–H and O–H groups in total. The van der Waals surface area contributed by atoms with Gasteiger partial charge in [0.25, 0.3) is 0 Å². The van der Waals surface area contributed by atoms with Crippen LogP contribution in [0.5, 0.6) is 0 Å². The van der Waals surface area contributed by atoms with Crippen LogP contribution in [0.2, 0.25) is 0 Å². The minimum atomic E-state index is -0.261. The van der Waals surface area contributed by atoms with Gasteiger partial charge in [-0.1, -0.05) is 18.2 Å². The predicted molar refractivity (Wildman–Crippen MR) is 65.9 cm³/mol. The van der Waals surface area contributed by atoms with Crippen molar-refractivity contribution in [3.8, 4) is 0 Å². The Kier molecular flexibility index (Phi) is 3.09. The second kappa shape index (κ2) is 4.53. The van der Waals surface area contributed by atoms with Crippen molar-refractivity contribution >= 4 is 17.2 Å². The Bertz CT molecular complexity index is 565. The second-order valence-corrected chi connectivity index (χ2v) is 4.11. The standard InChI is InChI=1S/C14H13FNO/c1-10-6-11(8-16(2)9-17)7-13-12(10)4-3-5-14(13)15/h3-7,9H,1,8H2,2H3. The van der Waals surface area contributed by atoms with Crippen molar-refractivity contribution in [2.24, 2.45) is 0 Å². The molecule has 3 heteroatoms. The van der Waals surface area contributed by atoms with E-state index in [4.69, 9.17) is 0 Å². The molecule has 0 saturated heterocycles. The van der Waals surface area contributed by atoms with E-state index in [1.807, 2.05) is 12.1 Å². The van der Waals surface area contributed by atoms with Crippen molar-refractivity contribution in [3.05, 3.63) is 54.2 Å². The first-order valence-corrected chi connectivity index (χ1v) is 5.30. The molecule has 17 heavy (non-hydrogen) atoms. The van der Waals surface area contributed by atoms with Gasteiger partial charge < -0.3 is 4.90 Å². The van der Waals surface area contributed by atoms with E-state index in [1.165, 1.54) is 11.0 Å². The van der Waals surface area contributed by atoms with Gasteiger partial charge in [-0.05, 0) is 35.6 Å². The average Bonchev–Trinajstić information content (AvgIpc) is 2.30. The Morgan fingerprint density at radius 1 is 1.35 bits per heavy atom. The SMILES string of the molecule is [CH2]c1cc(CN(C)C=O)cc2c(F)cccc12. The molecule has 0 aliphatic heterocycles. The lowest BCUT2D eigenvalue weighted by atomic mass is 10.0. The van der Waals surface area contributed by atoms with Crippen LogP contribution in [0.25, 0.3) is 10.8 Å². The molecule has 2 nitrogen and oxygen atoms in total. The normalized spacial score (nSPS) is 10.5. The predicted octanol–water partition coefficient (Wildman–Crippen LogP) is 2.75. The molecule has 0 aliphatic carbocycles. The zero-order chi connectivity index (χ0) is 12.4. The van der Waals surface area contributed by atoms with Crippen LogP contribution in [-0.4, -0.2) is 18.4 Å². The van der Waals surface area contributed by atoms with Gasteiger partial charge in [-0.2, -0.15) is 0 Å². The van der Waals surface area contributed by atoms with Crippen LogP contribution in [0.1, 0.15) is 11.1 Å². The maximum atomic E-state index is 13.7. The molecule has 0 aromatic heterocycles. The summed E-state index contributed by atoms with van der Waals surface area (Å²) < 4.78 is 13.7. The summed E-state index contributed by atoms with van der Waals surface area (Å²) in [6.45, 7) is 4.36. The lowest BCUT2D eigenvalue weighted by Crippen LogP contribution is -2.15. The Morgan fingerprint density at radius 2 is 2.12 bits per heavy atom. The fourth-order valence-corrected chi connectivity index (χ4v) is 1.91. The first kappa shape index (κ1) is 11.6. The fourth-order valence-electron chi connectivity index (χ4n) is 1.91. The molecule has 2 rings (SSSR count). The topological polar surface area (TPSA) is 20.3 Å². The molecule has 0 heterocycles. The van der Waals surface area contributed by atoms with Crippen LogP contribution < -0.4 is 0 Å². The Hall–Kier alpha value is -1.90. The number of halogens is 1. The summed E-state index contributed by atoms with van der Waals surface area (Å²) in [5.41, 5.74) is 1.65. The molecular weight excluding hydrogens is 217 g/mol. The molecule has 2 aromatic rings. The largest absolute Gasteiger partial charge is 0.344 e. The van der Waals surface area contributed by atoms with Gasteiger partial charge in [-0.15, -0.1) is 0 Å². The second-order valence-electron chi connectivity index (χ2n) is 4.11. The third-order valence-electron chi connectivity index (χ3n) is 2.70. The molecule has 0 atom stereocenters. The van der Waals surface area contributed by atoms with Crippen LogP contribution >= 0.6 is 0 Å². The molecule has 0 spiro atoms. The number of hydrogen-bond acceptors (Lipinski definition) is 1. The van der Waals surface area contributed by atoms with Crippen molar-refractivity contribution in [2.75, 3.05) is 7.05 Å². The highest BCUT2D eigenvalue weighted by atomic mass is 19.1. The minimum absolute atomic E-state index is 0.261. The van der Waals surface area contributed by atoms with Crippen LogP contribution in [0.3, 0.4) is 0 Å². The number of hydrogen-bond donors (Lipinski definition) is 0. The van der Waals surface area contributed by atoms with E-state index < -0.39 is 0 Å².